The SMILES string of the molecule is CCCCCCCC(C)(CCCC)c1ccc(OC)nc1. The average molecular weight is 291 g/mol. The minimum Gasteiger partial charge on any atom is -0.481 e. The van der Waals surface area contributed by atoms with Crippen LogP contribution in [-0.2, 0) is 5.41 Å². The van der Waals surface area contributed by atoms with E-state index in [4.69, 9.17) is 4.74 Å². The van der Waals surface area contributed by atoms with Crippen LogP contribution in [0.15, 0.2) is 18.3 Å². The molecule has 0 saturated heterocycles. The van der Waals surface area contributed by atoms with Crippen LogP contribution in [0.3, 0.4) is 0 Å². The number of ether oxygens (including phenoxy) is 1. The molecule has 1 rings (SSSR count). The van der Waals surface area contributed by atoms with E-state index in [0.717, 1.165) is 0 Å². The summed E-state index contributed by atoms with van der Waals surface area (Å²) in [6, 6.07) is 4.20. The number of hydrogen-bond donors (Lipinski definition) is 0. The van der Waals surface area contributed by atoms with Gasteiger partial charge >= 0.3 is 0 Å². The van der Waals surface area contributed by atoms with Crippen molar-refractivity contribution in [1.82, 2.24) is 4.98 Å². The van der Waals surface area contributed by atoms with E-state index in [1.165, 1.54) is 63.4 Å². The number of unbranched alkanes of at least 4 members (excludes halogenated alkanes) is 5. The first kappa shape index (κ1) is 18.0. The molecule has 1 heterocycles. The van der Waals surface area contributed by atoms with Gasteiger partial charge in [0, 0.05) is 12.3 Å². The quantitative estimate of drug-likeness (QED) is 0.474. The molecule has 0 aliphatic heterocycles. The van der Waals surface area contributed by atoms with Crippen LogP contribution in [0, 0.1) is 0 Å². The van der Waals surface area contributed by atoms with E-state index >= 15 is 0 Å². The van der Waals surface area contributed by atoms with E-state index < -0.39 is 0 Å². The molecule has 1 aromatic rings. The van der Waals surface area contributed by atoms with E-state index in [1.807, 2.05) is 12.3 Å². The van der Waals surface area contributed by atoms with Gasteiger partial charge in [0.05, 0.1) is 7.11 Å². The summed E-state index contributed by atoms with van der Waals surface area (Å²) >= 11 is 0. The van der Waals surface area contributed by atoms with Crippen molar-refractivity contribution in [2.45, 2.75) is 84.0 Å². The molecule has 0 aliphatic carbocycles. The highest BCUT2D eigenvalue weighted by molar-refractivity contribution is 5.25. The van der Waals surface area contributed by atoms with E-state index in [-0.39, 0.29) is 5.41 Å². The van der Waals surface area contributed by atoms with Crippen molar-refractivity contribution in [2.24, 2.45) is 0 Å². The molecular formula is C19H33NO. The molecule has 0 saturated carbocycles. The van der Waals surface area contributed by atoms with E-state index in [9.17, 15) is 0 Å². The Labute approximate surface area is 131 Å². The molecule has 0 fully saturated rings. The lowest BCUT2D eigenvalue weighted by Gasteiger charge is -2.30. The molecule has 0 bridgehead atoms. The second-order valence-electron chi connectivity index (χ2n) is 6.42. The van der Waals surface area contributed by atoms with Gasteiger partial charge in [0.2, 0.25) is 5.88 Å². The third kappa shape index (κ3) is 6.07. The molecule has 1 atom stereocenters. The largest absolute Gasteiger partial charge is 0.481 e. The van der Waals surface area contributed by atoms with E-state index in [1.54, 1.807) is 7.11 Å². The molecule has 2 heteroatoms. The average Bonchev–Trinajstić information content (AvgIpc) is 2.53. The van der Waals surface area contributed by atoms with Crippen molar-refractivity contribution in [3.63, 3.8) is 0 Å². The first-order valence-electron chi connectivity index (χ1n) is 8.66. The standard InChI is InChI=1S/C19H33NO/c1-5-7-9-10-11-15-19(3,14-8-6-2)17-12-13-18(21-4)20-16-17/h12-13,16H,5-11,14-15H2,1-4H3. The summed E-state index contributed by atoms with van der Waals surface area (Å²) in [6.45, 7) is 6.95. The van der Waals surface area contributed by atoms with Gasteiger partial charge in [-0.05, 0) is 23.8 Å². The molecule has 0 amide bonds. The molecule has 21 heavy (non-hydrogen) atoms. The van der Waals surface area contributed by atoms with Gasteiger partial charge in [-0.1, -0.05) is 71.8 Å². The van der Waals surface area contributed by atoms with Crippen LogP contribution in [0.5, 0.6) is 5.88 Å². The fraction of sp³-hybridized carbons (Fsp3) is 0.737. The van der Waals surface area contributed by atoms with Gasteiger partial charge in [0.15, 0.2) is 0 Å². The smallest absolute Gasteiger partial charge is 0.212 e. The van der Waals surface area contributed by atoms with Crippen molar-refractivity contribution in [3.8, 4) is 5.88 Å². The minimum absolute atomic E-state index is 0.265. The van der Waals surface area contributed by atoms with Crippen LogP contribution in [-0.4, -0.2) is 12.1 Å². The van der Waals surface area contributed by atoms with Gasteiger partial charge in [0.25, 0.3) is 0 Å². The van der Waals surface area contributed by atoms with Crippen LogP contribution in [0.2, 0.25) is 0 Å². The number of pyridine rings is 1. The van der Waals surface area contributed by atoms with Crippen LogP contribution in [0.25, 0.3) is 0 Å². The van der Waals surface area contributed by atoms with Crippen LogP contribution < -0.4 is 4.74 Å². The Morgan fingerprint density at radius 3 is 2.19 bits per heavy atom. The van der Waals surface area contributed by atoms with Gasteiger partial charge in [-0.2, -0.15) is 0 Å². The summed E-state index contributed by atoms with van der Waals surface area (Å²) < 4.78 is 5.18. The predicted molar refractivity (Wildman–Crippen MR) is 91.0 cm³/mol. The summed E-state index contributed by atoms with van der Waals surface area (Å²) in [5, 5.41) is 0. The third-order valence-electron chi connectivity index (χ3n) is 4.56. The number of nitrogens with zero attached hydrogens (tertiary/aromatic N) is 1. The zero-order valence-corrected chi connectivity index (χ0v) is 14.5. The van der Waals surface area contributed by atoms with Crippen molar-refractivity contribution in [2.75, 3.05) is 7.11 Å². The molecule has 0 N–H and O–H groups in total. The topological polar surface area (TPSA) is 22.1 Å². The van der Waals surface area contributed by atoms with Crippen molar-refractivity contribution < 1.29 is 4.74 Å². The van der Waals surface area contributed by atoms with Crippen molar-refractivity contribution >= 4 is 0 Å². The molecule has 2 nitrogen and oxygen atoms in total. The van der Waals surface area contributed by atoms with Crippen LogP contribution in [0.1, 0.15) is 84.1 Å². The Kier molecular flexibility index (Phi) is 8.41. The summed E-state index contributed by atoms with van der Waals surface area (Å²) in [5.74, 6) is 0.708. The molecule has 0 aliphatic rings. The number of hydrogen-bond acceptors (Lipinski definition) is 2. The van der Waals surface area contributed by atoms with Crippen molar-refractivity contribution in [3.05, 3.63) is 23.9 Å². The lowest BCUT2D eigenvalue weighted by atomic mass is 9.75. The molecule has 1 aromatic heterocycles. The van der Waals surface area contributed by atoms with Crippen LogP contribution in [0.4, 0.5) is 0 Å². The minimum atomic E-state index is 0.265. The Bertz CT molecular complexity index is 374. The zero-order chi connectivity index (χ0) is 15.6. The number of aromatic nitrogens is 1. The van der Waals surface area contributed by atoms with Crippen molar-refractivity contribution in [1.29, 1.82) is 0 Å². The summed E-state index contributed by atoms with van der Waals surface area (Å²) in [7, 11) is 1.67. The Hall–Kier alpha value is -1.05. The van der Waals surface area contributed by atoms with E-state index in [2.05, 4.69) is 31.8 Å². The molecule has 1 unspecified atom stereocenters. The lowest BCUT2D eigenvalue weighted by molar-refractivity contribution is 0.363. The number of rotatable bonds is 11. The summed E-state index contributed by atoms with van der Waals surface area (Å²) in [4.78, 5) is 4.41. The molecule has 0 aromatic carbocycles. The number of methoxy groups -OCH3 is 1. The van der Waals surface area contributed by atoms with Crippen LogP contribution >= 0.6 is 0 Å². The van der Waals surface area contributed by atoms with Gasteiger partial charge in [0.1, 0.15) is 0 Å². The highest BCUT2D eigenvalue weighted by atomic mass is 16.5. The highest BCUT2D eigenvalue weighted by Crippen LogP contribution is 2.35. The molecule has 0 radical (unpaired) electrons. The zero-order valence-electron chi connectivity index (χ0n) is 14.5. The molecular weight excluding hydrogens is 258 g/mol. The second kappa shape index (κ2) is 9.81. The Morgan fingerprint density at radius 2 is 1.62 bits per heavy atom. The first-order valence-corrected chi connectivity index (χ1v) is 8.66. The van der Waals surface area contributed by atoms with Gasteiger partial charge in [-0.25, -0.2) is 4.98 Å². The first-order chi connectivity index (χ1) is 10.2. The van der Waals surface area contributed by atoms with Gasteiger partial charge in [-0.15, -0.1) is 0 Å². The monoisotopic (exact) mass is 291 g/mol. The normalized spacial score (nSPS) is 13.9. The van der Waals surface area contributed by atoms with E-state index in [0.29, 0.717) is 5.88 Å². The predicted octanol–water partition coefficient (Wildman–Crippen LogP) is 5.90. The maximum absolute atomic E-state index is 5.18. The maximum Gasteiger partial charge on any atom is 0.212 e. The highest BCUT2D eigenvalue weighted by Gasteiger charge is 2.25. The second-order valence-corrected chi connectivity index (χ2v) is 6.42. The third-order valence-corrected chi connectivity index (χ3v) is 4.56. The van der Waals surface area contributed by atoms with Gasteiger partial charge < -0.3 is 4.74 Å². The Balaban J connectivity index is 2.66. The lowest BCUT2D eigenvalue weighted by Crippen LogP contribution is -2.22. The van der Waals surface area contributed by atoms with Gasteiger partial charge in [-0.3, -0.25) is 0 Å². The maximum atomic E-state index is 5.18. The molecule has 120 valence electrons. The Morgan fingerprint density at radius 1 is 0.952 bits per heavy atom. The fourth-order valence-electron chi connectivity index (χ4n) is 2.96. The summed E-state index contributed by atoms with van der Waals surface area (Å²) in [6.07, 6.45) is 13.8. The fourth-order valence-corrected chi connectivity index (χ4v) is 2.96. The summed E-state index contributed by atoms with van der Waals surface area (Å²) in [5.41, 5.74) is 1.63. The molecule has 0 spiro atoms.